The first-order chi connectivity index (χ1) is 13.3. The van der Waals surface area contributed by atoms with E-state index in [1.807, 2.05) is 0 Å². The molecule has 3 amide bonds. The molecule has 0 aliphatic carbocycles. The van der Waals surface area contributed by atoms with Crippen molar-refractivity contribution in [2.24, 2.45) is 5.92 Å². The Hall–Kier alpha value is -2.55. The van der Waals surface area contributed by atoms with Gasteiger partial charge in [-0.15, -0.1) is 0 Å². The molecule has 1 N–H and O–H groups in total. The fourth-order valence-electron chi connectivity index (χ4n) is 3.35. The van der Waals surface area contributed by atoms with Crippen LogP contribution < -0.4 is 5.32 Å². The zero-order chi connectivity index (χ0) is 20.4. The summed E-state index contributed by atoms with van der Waals surface area (Å²) in [5.41, 5.74) is 0.570. The molecule has 150 valence electrons. The van der Waals surface area contributed by atoms with Crippen LogP contribution >= 0.6 is 11.8 Å². The minimum Gasteiger partial charge on any atom is -0.458 e. The Morgan fingerprint density at radius 3 is 2.29 bits per heavy atom. The SMILES string of the molecule is COC(=O)N[C@H]1CSC[C@H]1OC(=O)[C@@H](C(C)C)N1C(=O)c2ccccc2C1=O. The number of imide groups is 1. The molecule has 28 heavy (non-hydrogen) atoms. The predicted octanol–water partition coefficient (Wildman–Crippen LogP) is 1.69. The van der Waals surface area contributed by atoms with E-state index in [4.69, 9.17) is 4.74 Å². The van der Waals surface area contributed by atoms with Gasteiger partial charge in [0.15, 0.2) is 0 Å². The molecule has 1 aromatic rings. The van der Waals surface area contributed by atoms with Crippen molar-refractivity contribution >= 4 is 35.6 Å². The maximum Gasteiger partial charge on any atom is 0.407 e. The average Bonchev–Trinajstić information content (AvgIpc) is 3.19. The van der Waals surface area contributed by atoms with Crippen molar-refractivity contribution in [3.63, 3.8) is 0 Å². The second-order valence-electron chi connectivity index (χ2n) is 6.97. The van der Waals surface area contributed by atoms with Crippen molar-refractivity contribution in [3.05, 3.63) is 35.4 Å². The van der Waals surface area contributed by atoms with Gasteiger partial charge in [-0.3, -0.25) is 14.5 Å². The number of ether oxygens (including phenoxy) is 2. The molecule has 2 aliphatic rings. The molecule has 9 heteroatoms. The first-order valence-corrected chi connectivity index (χ1v) is 10.1. The first kappa shape index (κ1) is 20.2. The lowest BCUT2D eigenvalue weighted by atomic mass is 10.0. The number of nitrogens with zero attached hydrogens (tertiary/aromatic N) is 1. The van der Waals surface area contributed by atoms with Gasteiger partial charge in [0.05, 0.1) is 24.3 Å². The molecule has 0 bridgehead atoms. The molecule has 0 radical (unpaired) electrons. The zero-order valence-electron chi connectivity index (χ0n) is 15.8. The number of thioether (sulfide) groups is 1. The van der Waals surface area contributed by atoms with Crippen molar-refractivity contribution in [2.75, 3.05) is 18.6 Å². The normalized spacial score (nSPS) is 22.2. The maximum atomic E-state index is 12.9. The number of benzene rings is 1. The van der Waals surface area contributed by atoms with Crippen molar-refractivity contribution in [2.45, 2.75) is 32.0 Å². The highest BCUT2D eigenvalue weighted by atomic mass is 32.2. The molecule has 1 saturated heterocycles. The fourth-order valence-corrected chi connectivity index (χ4v) is 4.57. The minimum atomic E-state index is -1.04. The van der Waals surface area contributed by atoms with E-state index < -0.39 is 42.1 Å². The van der Waals surface area contributed by atoms with E-state index in [0.29, 0.717) is 11.5 Å². The molecule has 3 atom stereocenters. The van der Waals surface area contributed by atoms with Crippen LogP contribution in [0.5, 0.6) is 0 Å². The Balaban J connectivity index is 1.78. The molecule has 2 aliphatic heterocycles. The van der Waals surface area contributed by atoms with Crippen LogP contribution in [0.15, 0.2) is 24.3 Å². The van der Waals surface area contributed by atoms with Gasteiger partial charge in [-0.1, -0.05) is 26.0 Å². The molecule has 0 aromatic heterocycles. The summed E-state index contributed by atoms with van der Waals surface area (Å²) >= 11 is 1.53. The van der Waals surface area contributed by atoms with E-state index in [0.717, 1.165) is 4.90 Å². The minimum absolute atomic E-state index is 0.285. The van der Waals surface area contributed by atoms with Crippen LogP contribution in [0.4, 0.5) is 4.79 Å². The Kier molecular flexibility index (Phi) is 5.93. The number of fused-ring (bicyclic) bond motifs is 1. The topological polar surface area (TPSA) is 102 Å². The Morgan fingerprint density at radius 1 is 1.14 bits per heavy atom. The Labute approximate surface area is 166 Å². The van der Waals surface area contributed by atoms with E-state index in [1.54, 1.807) is 38.1 Å². The van der Waals surface area contributed by atoms with Crippen LogP contribution in [0.2, 0.25) is 0 Å². The molecule has 8 nitrogen and oxygen atoms in total. The number of carbonyl (C=O) groups is 4. The van der Waals surface area contributed by atoms with Crippen LogP contribution in [0.25, 0.3) is 0 Å². The lowest BCUT2D eigenvalue weighted by Crippen LogP contribution is -2.51. The number of rotatable bonds is 5. The number of nitrogens with one attached hydrogen (secondary N) is 1. The number of esters is 1. The lowest BCUT2D eigenvalue weighted by Gasteiger charge is -2.29. The summed E-state index contributed by atoms with van der Waals surface area (Å²) in [5, 5.41) is 2.65. The van der Waals surface area contributed by atoms with Crippen LogP contribution in [-0.2, 0) is 14.3 Å². The third-order valence-corrected chi connectivity index (χ3v) is 5.92. The quantitative estimate of drug-likeness (QED) is 0.586. The molecular formula is C19H22N2O6S. The number of carbonyl (C=O) groups excluding carboxylic acids is 4. The average molecular weight is 406 g/mol. The van der Waals surface area contributed by atoms with Gasteiger partial charge in [-0.25, -0.2) is 9.59 Å². The molecule has 0 spiro atoms. The highest BCUT2D eigenvalue weighted by molar-refractivity contribution is 7.99. The fraction of sp³-hybridized carbons (Fsp3) is 0.474. The Morgan fingerprint density at radius 2 is 1.75 bits per heavy atom. The molecule has 2 heterocycles. The summed E-state index contributed by atoms with van der Waals surface area (Å²) in [6.07, 6.45) is -1.16. The van der Waals surface area contributed by atoms with Gasteiger partial charge in [-0.2, -0.15) is 11.8 Å². The zero-order valence-corrected chi connectivity index (χ0v) is 16.7. The van der Waals surface area contributed by atoms with E-state index in [-0.39, 0.29) is 17.0 Å². The van der Waals surface area contributed by atoms with Gasteiger partial charge >= 0.3 is 12.1 Å². The van der Waals surface area contributed by atoms with Crippen LogP contribution in [0.1, 0.15) is 34.6 Å². The number of methoxy groups -OCH3 is 1. The van der Waals surface area contributed by atoms with Gasteiger partial charge in [0.1, 0.15) is 12.1 Å². The largest absolute Gasteiger partial charge is 0.458 e. The molecular weight excluding hydrogens is 384 g/mol. The molecule has 3 rings (SSSR count). The summed E-state index contributed by atoms with van der Waals surface area (Å²) < 4.78 is 10.2. The highest BCUT2D eigenvalue weighted by Gasteiger charge is 2.46. The first-order valence-electron chi connectivity index (χ1n) is 8.94. The number of amides is 3. The van der Waals surface area contributed by atoms with Crippen molar-refractivity contribution in [1.29, 1.82) is 0 Å². The number of hydrogen-bond donors (Lipinski definition) is 1. The third-order valence-electron chi connectivity index (χ3n) is 4.76. The van der Waals surface area contributed by atoms with Crippen molar-refractivity contribution in [1.82, 2.24) is 10.2 Å². The molecule has 1 fully saturated rings. The monoisotopic (exact) mass is 406 g/mol. The number of alkyl carbamates (subject to hydrolysis) is 1. The van der Waals surface area contributed by atoms with E-state index in [2.05, 4.69) is 10.1 Å². The van der Waals surface area contributed by atoms with Crippen LogP contribution in [0.3, 0.4) is 0 Å². The highest BCUT2D eigenvalue weighted by Crippen LogP contribution is 2.29. The molecule has 1 aromatic carbocycles. The second kappa shape index (κ2) is 8.22. The van der Waals surface area contributed by atoms with E-state index in [9.17, 15) is 19.2 Å². The maximum absolute atomic E-state index is 12.9. The Bertz CT molecular complexity index is 776. The summed E-state index contributed by atoms with van der Waals surface area (Å²) in [7, 11) is 1.26. The number of hydrogen-bond acceptors (Lipinski definition) is 7. The van der Waals surface area contributed by atoms with Crippen LogP contribution in [-0.4, -0.2) is 65.6 Å². The van der Waals surface area contributed by atoms with E-state index in [1.165, 1.54) is 18.9 Å². The summed E-state index contributed by atoms with van der Waals surface area (Å²) in [5.74, 6) is -0.910. The van der Waals surface area contributed by atoms with Gasteiger partial charge in [0.2, 0.25) is 0 Å². The predicted molar refractivity (Wildman–Crippen MR) is 102 cm³/mol. The smallest absolute Gasteiger partial charge is 0.407 e. The summed E-state index contributed by atoms with van der Waals surface area (Å²) in [6.45, 7) is 3.51. The van der Waals surface area contributed by atoms with Gasteiger partial charge in [-0.05, 0) is 18.1 Å². The lowest BCUT2D eigenvalue weighted by molar-refractivity contribution is -0.155. The van der Waals surface area contributed by atoms with Crippen LogP contribution in [0, 0.1) is 5.92 Å². The standard InChI is InChI=1S/C19H22N2O6S/c1-10(2)15(21-16(22)11-6-4-5-7-12(11)17(21)23)18(24)27-14-9-28-8-13(14)20-19(25)26-3/h4-7,10,13-15H,8-9H2,1-3H3,(H,20,25)/t13-,14+,15+/m0/s1. The third kappa shape index (κ3) is 3.71. The second-order valence-corrected chi connectivity index (χ2v) is 8.04. The summed E-state index contributed by atoms with van der Waals surface area (Å²) in [6, 6.07) is 5.06. The molecule has 0 unspecified atom stereocenters. The van der Waals surface area contributed by atoms with Gasteiger partial charge in [0.25, 0.3) is 11.8 Å². The van der Waals surface area contributed by atoms with Crippen molar-refractivity contribution in [3.8, 4) is 0 Å². The van der Waals surface area contributed by atoms with Gasteiger partial charge in [0, 0.05) is 11.5 Å². The summed E-state index contributed by atoms with van der Waals surface area (Å²) in [4.78, 5) is 50.9. The van der Waals surface area contributed by atoms with E-state index >= 15 is 0 Å². The van der Waals surface area contributed by atoms with Crippen molar-refractivity contribution < 1.29 is 28.7 Å². The molecule has 0 saturated carbocycles. The van der Waals surface area contributed by atoms with Gasteiger partial charge < -0.3 is 14.8 Å².